The third kappa shape index (κ3) is 4.25. The third-order valence-electron chi connectivity index (χ3n) is 1.81. The van der Waals surface area contributed by atoms with Crippen LogP contribution in [0.5, 0.6) is 0 Å². The number of hydrogen-bond acceptors (Lipinski definition) is 2. The fourth-order valence-electron chi connectivity index (χ4n) is 1.02. The SMILES string of the molecule is CCOC(=C(F)N(C(F)(F)F)C(F)(F)C(F)(F)F)C(F)(F)F. The summed E-state index contributed by atoms with van der Waals surface area (Å²) in [5, 5.41) is 0. The molecule has 0 aliphatic carbocycles. The maximum Gasteiger partial charge on any atom is 0.491 e. The molecule has 0 unspecified atom stereocenters. The fourth-order valence-corrected chi connectivity index (χ4v) is 1.02. The van der Waals surface area contributed by atoms with Crippen molar-refractivity contribution in [2.24, 2.45) is 0 Å². The van der Waals surface area contributed by atoms with Gasteiger partial charge in [-0.05, 0) is 6.92 Å². The highest BCUT2D eigenvalue weighted by Gasteiger charge is 2.70. The number of nitrogens with zero attached hydrogens (tertiary/aromatic N) is 1. The molecular weight excluding hydrogens is 354 g/mol. The average molecular weight is 359 g/mol. The summed E-state index contributed by atoms with van der Waals surface area (Å²) in [6.07, 6.45) is -19.9. The Bertz CT molecular complexity index is 416. The molecule has 0 N–H and O–H groups in total. The lowest BCUT2D eigenvalue weighted by Gasteiger charge is -2.34. The van der Waals surface area contributed by atoms with Gasteiger partial charge in [-0.1, -0.05) is 0 Å². The molecule has 0 aromatic rings. The number of allylic oxidation sites excluding steroid dienone is 1. The number of halogens is 12. The topological polar surface area (TPSA) is 12.5 Å². The minimum Gasteiger partial charge on any atom is -0.486 e. The first kappa shape index (κ1) is 20.5. The van der Waals surface area contributed by atoms with E-state index >= 15 is 0 Å². The quantitative estimate of drug-likeness (QED) is 0.410. The lowest BCUT2D eigenvalue weighted by atomic mass is 10.4. The van der Waals surface area contributed by atoms with E-state index in [2.05, 4.69) is 4.74 Å². The highest BCUT2D eigenvalue weighted by Crippen LogP contribution is 2.47. The summed E-state index contributed by atoms with van der Waals surface area (Å²) in [7, 11) is 0. The highest BCUT2D eigenvalue weighted by atomic mass is 19.4. The van der Waals surface area contributed by atoms with Crippen molar-refractivity contribution in [1.82, 2.24) is 4.90 Å². The molecular formula is C8H5F12NO. The Morgan fingerprint density at radius 2 is 1.27 bits per heavy atom. The van der Waals surface area contributed by atoms with E-state index in [-0.39, 0.29) is 0 Å². The molecule has 2 nitrogen and oxygen atoms in total. The molecule has 0 spiro atoms. The Morgan fingerprint density at radius 3 is 1.50 bits per heavy atom. The van der Waals surface area contributed by atoms with Crippen LogP contribution in [0.2, 0.25) is 0 Å². The van der Waals surface area contributed by atoms with Gasteiger partial charge in [-0.3, -0.25) is 0 Å². The number of hydrogen-bond donors (Lipinski definition) is 0. The van der Waals surface area contributed by atoms with Gasteiger partial charge in [0.15, 0.2) is 0 Å². The monoisotopic (exact) mass is 359 g/mol. The normalized spacial score (nSPS) is 15.5. The lowest BCUT2D eigenvalue weighted by Crippen LogP contribution is -2.57. The minimum atomic E-state index is -7.01. The van der Waals surface area contributed by atoms with Gasteiger partial charge in [0.25, 0.3) is 5.76 Å². The molecule has 0 heterocycles. The van der Waals surface area contributed by atoms with Crippen LogP contribution in [0.4, 0.5) is 52.7 Å². The van der Waals surface area contributed by atoms with E-state index in [0.717, 1.165) is 0 Å². The summed E-state index contributed by atoms with van der Waals surface area (Å²) in [5.41, 5.74) is 0. The molecule has 0 aliphatic heterocycles. The molecule has 132 valence electrons. The zero-order chi connectivity index (χ0) is 18.1. The second-order valence-electron chi connectivity index (χ2n) is 3.39. The molecule has 0 atom stereocenters. The van der Waals surface area contributed by atoms with E-state index < -0.39 is 47.9 Å². The molecule has 0 amide bonds. The van der Waals surface area contributed by atoms with E-state index in [9.17, 15) is 52.7 Å². The van der Waals surface area contributed by atoms with Crippen LogP contribution in [-0.4, -0.2) is 36.2 Å². The molecule has 0 saturated carbocycles. The van der Waals surface area contributed by atoms with Crippen molar-refractivity contribution < 1.29 is 57.4 Å². The van der Waals surface area contributed by atoms with E-state index in [1.165, 1.54) is 0 Å². The number of ether oxygens (including phenoxy) is 1. The van der Waals surface area contributed by atoms with E-state index in [0.29, 0.717) is 6.92 Å². The number of rotatable bonds is 4. The van der Waals surface area contributed by atoms with Crippen LogP contribution in [0.1, 0.15) is 6.92 Å². The molecule has 0 saturated heterocycles. The molecule has 14 heteroatoms. The van der Waals surface area contributed by atoms with Crippen LogP contribution >= 0.6 is 0 Å². The summed E-state index contributed by atoms with van der Waals surface area (Å²) in [6, 6.07) is -7.00. The first-order chi connectivity index (χ1) is 9.48. The van der Waals surface area contributed by atoms with Crippen molar-refractivity contribution in [3.63, 3.8) is 0 Å². The second-order valence-corrected chi connectivity index (χ2v) is 3.39. The Balaban J connectivity index is 6.35. The van der Waals surface area contributed by atoms with Crippen LogP contribution in [0.25, 0.3) is 0 Å². The van der Waals surface area contributed by atoms with Gasteiger partial charge in [0, 0.05) is 0 Å². The van der Waals surface area contributed by atoms with Gasteiger partial charge in [0.1, 0.15) is 0 Å². The molecule has 22 heavy (non-hydrogen) atoms. The largest absolute Gasteiger partial charge is 0.491 e. The molecule has 0 bridgehead atoms. The zero-order valence-corrected chi connectivity index (χ0v) is 10.1. The lowest BCUT2D eigenvalue weighted by molar-refractivity contribution is -0.405. The summed E-state index contributed by atoms with van der Waals surface area (Å²) >= 11 is 0. The van der Waals surface area contributed by atoms with E-state index in [4.69, 9.17) is 0 Å². The maximum absolute atomic E-state index is 13.2. The first-order valence-electron chi connectivity index (χ1n) is 4.89. The third-order valence-corrected chi connectivity index (χ3v) is 1.81. The van der Waals surface area contributed by atoms with Crippen LogP contribution < -0.4 is 0 Å². The van der Waals surface area contributed by atoms with Crippen LogP contribution in [0, 0.1) is 0 Å². The van der Waals surface area contributed by atoms with Gasteiger partial charge in [-0.15, -0.1) is 13.2 Å². The van der Waals surface area contributed by atoms with Crippen molar-refractivity contribution in [2.75, 3.05) is 6.61 Å². The van der Waals surface area contributed by atoms with Gasteiger partial charge >= 0.3 is 24.7 Å². The van der Waals surface area contributed by atoms with Gasteiger partial charge in [0.2, 0.25) is 5.95 Å². The van der Waals surface area contributed by atoms with Gasteiger partial charge < -0.3 is 4.74 Å². The summed E-state index contributed by atoms with van der Waals surface area (Å²) in [5.74, 6) is -7.24. The average Bonchev–Trinajstić information content (AvgIpc) is 2.19. The molecule has 0 aromatic heterocycles. The Labute approximate surface area is 113 Å². The standard InChI is InChI=1S/C8H5F12NO/c1-2-22-3(5(10,11)12)4(9)21(8(18,19)20)7(16,17)6(13,14)15/h2H2,1H3. The van der Waals surface area contributed by atoms with Crippen molar-refractivity contribution in [2.45, 2.75) is 31.6 Å². The van der Waals surface area contributed by atoms with Crippen LogP contribution in [-0.2, 0) is 4.74 Å². The Kier molecular flexibility index (Phi) is 5.54. The van der Waals surface area contributed by atoms with Gasteiger partial charge in [-0.25, -0.2) is 0 Å². The maximum atomic E-state index is 13.2. The minimum absolute atomic E-state index is 0.707. The van der Waals surface area contributed by atoms with Crippen molar-refractivity contribution in [3.05, 3.63) is 11.7 Å². The summed E-state index contributed by atoms with van der Waals surface area (Å²) in [6.45, 7) is -0.440. The predicted molar refractivity (Wildman–Crippen MR) is 44.7 cm³/mol. The number of alkyl halides is 11. The van der Waals surface area contributed by atoms with Crippen molar-refractivity contribution in [3.8, 4) is 0 Å². The molecule has 0 rings (SSSR count). The molecule has 0 aromatic carbocycles. The zero-order valence-electron chi connectivity index (χ0n) is 10.1. The second kappa shape index (κ2) is 5.95. The summed E-state index contributed by atoms with van der Waals surface area (Å²) < 4.78 is 151. The van der Waals surface area contributed by atoms with E-state index in [1.807, 2.05) is 0 Å². The fraction of sp³-hybridized carbons (Fsp3) is 0.750. The highest BCUT2D eigenvalue weighted by molar-refractivity contribution is 5.09. The van der Waals surface area contributed by atoms with Crippen LogP contribution in [0.15, 0.2) is 11.7 Å². The Morgan fingerprint density at radius 1 is 0.864 bits per heavy atom. The van der Waals surface area contributed by atoms with Gasteiger partial charge in [-0.2, -0.15) is 44.4 Å². The van der Waals surface area contributed by atoms with Gasteiger partial charge in [0.05, 0.1) is 6.61 Å². The van der Waals surface area contributed by atoms with Crippen molar-refractivity contribution >= 4 is 0 Å². The van der Waals surface area contributed by atoms with E-state index in [1.54, 1.807) is 0 Å². The van der Waals surface area contributed by atoms with Crippen LogP contribution in [0.3, 0.4) is 0 Å². The molecule has 0 fully saturated rings. The molecule has 0 aliphatic rings. The smallest absolute Gasteiger partial charge is 0.486 e. The summed E-state index contributed by atoms with van der Waals surface area (Å²) in [4.78, 5) is -3.29. The molecule has 0 radical (unpaired) electrons. The first-order valence-corrected chi connectivity index (χ1v) is 4.89. The van der Waals surface area contributed by atoms with Crippen molar-refractivity contribution in [1.29, 1.82) is 0 Å². The Hall–Kier alpha value is -1.50. The predicted octanol–water partition coefficient (Wildman–Crippen LogP) is 4.70.